The fourth-order valence-corrected chi connectivity index (χ4v) is 10.2. The van der Waals surface area contributed by atoms with Crippen molar-refractivity contribution in [3.8, 4) is 0 Å². The van der Waals surface area contributed by atoms with Crippen molar-refractivity contribution in [2.24, 2.45) is 0 Å². The zero-order valence-corrected chi connectivity index (χ0v) is 61.5. The number of carbonyl (C=O) groups excluding carboxylic acids is 3. The molecule has 0 rings (SSSR count). The monoisotopic (exact) mass is 1320 g/mol. The molecule has 538 valence electrons. The van der Waals surface area contributed by atoms with Crippen LogP contribution < -0.4 is 5.11 Å². The SMILES string of the molecule is CC/C=C\C/C=C\C/C=C\C/C=C\C/C=C\C/C=C\C/C=C\C/C=C\C/C=C\CCCCCCCCCCCCCC(=O)OC(COC(=O)CCCCCCCCCCCCCCCCC/C=C\C/C=C\C/C=C\C/C=C\C/C=C\CC)COC(OCC[N+](C)(C)C)C(=O)[O-]. The van der Waals surface area contributed by atoms with Crippen molar-refractivity contribution in [3.05, 3.63) is 170 Å². The standard InChI is InChI=1S/C86H141NO8/c1-6-8-10-12-14-16-18-20-22-24-26-28-30-32-34-36-38-39-40-41-42-43-44-45-47-49-51-53-55-57-59-61-63-65-67-69-71-73-75-77-84(89)95-82(81-94-86(85(90)91)92-79-78-87(3,4)5)80-93-83(88)76-74-72-70-68-66-64-62-60-58-56-54-52-50-48-46-37-35-33-31-29-27-25-23-21-19-17-15-13-11-9-7-2/h8-11,14-17,20-23,26-29,32-35,38-39,41-42,44-45,49,51,82,86H,6-7,12-13,18-19,24-25,30-31,36-37,40,43,46-48,50,52-81H2,1-5H3/b10-8-,11-9-,16-14-,17-15-,22-20-,23-21-,28-26-,29-27-,34-32-,35-33-,39-38-,42-41-,45-44-,51-49-. The summed E-state index contributed by atoms with van der Waals surface area (Å²) < 4.78 is 22.8. The number of rotatable bonds is 69. The molecule has 0 heterocycles. The van der Waals surface area contributed by atoms with Gasteiger partial charge in [-0.25, -0.2) is 0 Å². The van der Waals surface area contributed by atoms with E-state index in [9.17, 15) is 19.5 Å². The summed E-state index contributed by atoms with van der Waals surface area (Å²) in [6.45, 7) is 4.52. The fourth-order valence-electron chi connectivity index (χ4n) is 10.2. The summed E-state index contributed by atoms with van der Waals surface area (Å²) in [6.07, 6.45) is 109. The molecule has 0 fully saturated rings. The van der Waals surface area contributed by atoms with E-state index in [0.29, 0.717) is 17.4 Å². The van der Waals surface area contributed by atoms with Crippen LogP contribution in [-0.4, -0.2) is 82.3 Å². The van der Waals surface area contributed by atoms with Gasteiger partial charge in [-0.3, -0.25) is 9.59 Å². The molecule has 0 aliphatic rings. The summed E-state index contributed by atoms with van der Waals surface area (Å²) in [6, 6.07) is 0. The Kier molecular flexibility index (Phi) is 70.2. The number of carbonyl (C=O) groups is 3. The van der Waals surface area contributed by atoms with Crippen molar-refractivity contribution in [3.63, 3.8) is 0 Å². The summed E-state index contributed by atoms with van der Waals surface area (Å²) in [5.41, 5.74) is 0. The lowest BCUT2D eigenvalue weighted by Crippen LogP contribution is -2.44. The molecule has 2 atom stereocenters. The summed E-state index contributed by atoms with van der Waals surface area (Å²) >= 11 is 0. The molecule has 9 nitrogen and oxygen atoms in total. The minimum Gasteiger partial charge on any atom is -0.545 e. The molecule has 0 aromatic rings. The highest BCUT2D eigenvalue weighted by Crippen LogP contribution is 2.17. The van der Waals surface area contributed by atoms with Crippen molar-refractivity contribution in [1.82, 2.24) is 0 Å². The minimum absolute atomic E-state index is 0.140. The van der Waals surface area contributed by atoms with E-state index in [-0.39, 0.29) is 38.6 Å². The molecule has 0 saturated carbocycles. The van der Waals surface area contributed by atoms with Crippen LogP contribution in [0.15, 0.2) is 170 Å². The van der Waals surface area contributed by atoms with Crippen LogP contribution in [0.4, 0.5) is 0 Å². The van der Waals surface area contributed by atoms with Gasteiger partial charge in [0.05, 0.1) is 40.3 Å². The Balaban J connectivity index is 4.12. The molecule has 0 N–H and O–H groups in total. The summed E-state index contributed by atoms with van der Waals surface area (Å²) in [4.78, 5) is 37.6. The second-order valence-corrected chi connectivity index (χ2v) is 26.2. The van der Waals surface area contributed by atoms with Gasteiger partial charge in [0, 0.05) is 12.8 Å². The van der Waals surface area contributed by atoms with E-state index >= 15 is 0 Å². The van der Waals surface area contributed by atoms with Crippen molar-refractivity contribution < 1.29 is 42.9 Å². The van der Waals surface area contributed by atoms with Crippen LogP contribution in [0.25, 0.3) is 0 Å². The van der Waals surface area contributed by atoms with Gasteiger partial charge in [-0.05, 0) is 128 Å². The highest BCUT2D eigenvalue weighted by molar-refractivity contribution is 5.70. The molecule has 0 radical (unpaired) electrons. The number of nitrogens with zero attached hydrogens (tertiary/aromatic N) is 1. The summed E-state index contributed by atoms with van der Waals surface area (Å²) in [5.74, 6) is -2.29. The average molecular weight is 1320 g/mol. The molecule has 0 aromatic carbocycles. The normalized spacial score (nSPS) is 13.7. The predicted molar refractivity (Wildman–Crippen MR) is 407 cm³/mol. The Morgan fingerprint density at radius 3 is 0.842 bits per heavy atom. The number of hydrogen-bond acceptors (Lipinski definition) is 8. The average Bonchev–Trinajstić information content (AvgIpc) is 2.92. The van der Waals surface area contributed by atoms with E-state index in [0.717, 1.165) is 135 Å². The number of quaternary nitrogens is 1. The number of carboxylic acids is 1. The smallest absolute Gasteiger partial charge is 0.306 e. The van der Waals surface area contributed by atoms with Crippen LogP contribution in [0.5, 0.6) is 0 Å². The van der Waals surface area contributed by atoms with E-state index in [1.54, 1.807) is 0 Å². The Morgan fingerprint density at radius 1 is 0.316 bits per heavy atom. The van der Waals surface area contributed by atoms with Gasteiger partial charge in [-0.1, -0.05) is 325 Å². The van der Waals surface area contributed by atoms with E-state index in [2.05, 4.69) is 184 Å². The van der Waals surface area contributed by atoms with Gasteiger partial charge in [-0.15, -0.1) is 0 Å². The second kappa shape index (κ2) is 74.4. The number of aliphatic carboxylic acids is 1. The number of likely N-dealkylation sites (N-methyl/N-ethyl adjacent to an activating group) is 1. The lowest BCUT2D eigenvalue weighted by molar-refractivity contribution is -0.870. The van der Waals surface area contributed by atoms with Gasteiger partial charge in [-0.2, -0.15) is 0 Å². The van der Waals surface area contributed by atoms with Crippen LogP contribution in [0.2, 0.25) is 0 Å². The van der Waals surface area contributed by atoms with Gasteiger partial charge in [0.2, 0.25) is 0 Å². The van der Waals surface area contributed by atoms with Crippen molar-refractivity contribution >= 4 is 17.9 Å². The Labute approximate surface area is 584 Å². The number of ether oxygens (including phenoxy) is 4. The number of unbranched alkanes of at least 4 members (excludes halogenated alkanes) is 26. The first-order chi connectivity index (χ1) is 46.6. The Bertz CT molecular complexity index is 2170. The van der Waals surface area contributed by atoms with Gasteiger partial charge in [0.25, 0.3) is 0 Å². The van der Waals surface area contributed by atoms with Gasteiger partial charge < -0.3 is 33.3 Å². The summed E-state index contributed by atoms with van der Waals surface area (Å²) in [7, 11) is 5.93. The highest BCUT2D eigenvalue weighted by Gasteiger charge is 2.22. The number of hydrogen-bond donors (Lipinski definition) is 0. The lowest BCUT2D eigenvalue weighted by Gasteiger charge is -2.26. The van der Waals surface area contributed by atoms with Crippen molar-refractivity contribution in [2.45, 2.75) is 309 Å². The third kappa shape index (κ3) is 75.9. The predicted octanol–water partition coefficient (Wildman–Crippen LogP) is 23.2. The highest BCUT2D eigenvalue weighted by atomic mass is 16.7. The topological polar surface area (TPSA) is 111 Å². The van der Waals surface area contributed by atoms with Crippen LogP contribution in [0.1, 0.15) is 296 Å². The van der Waals surface area contributed by atoms with Gasteiger partial charge in [0.1, 0.15) is 13.2 Å². The molecule has 9 heteroatoms. The molecule has 0 saturated heterocycles. The summed E-state index contributed by atoms with van der Waals surface area (Å²) in [5, 5.41) is 11.9. The molecular weight excluding hydrogens is 1170 g/mol. The number of allylic oxidation sites excluding steroid dienone is 28. The molecule has 2 unspecified atom stereocenters. The molecular formula is C86H141NO8. The molecule has 0 aliphatic carbocycles. The third-order valence-corrected chi connectivity index (χ3v) is 16.0. The molecule has 0 spiro atoms. The maximum atomic E-state index is 13.0. The van der Waals surface area contributed by atoms with E-state index < -0.39 is 24.3 Å². The first-order valence-electron chi connectivity index (χ1n) is 38.3. The molecule has 0 amide bonds. The first-order valence-corrected chi connectivity index (χ1v) is 38.3. The van der Waals surface area contributed by atoms with Crippen molar-refractivity contribution in [2.75, 3.05) is 47.5 Å². The van der Waals surface area contributed by atoms with Crippen LogP contribution in [0.3, 0.4) is 0 Å². The first kappa shape index (κ1) is 89.6. The maximum Gasteiger partial charge on any atom is 0.306 e. The fraction of sp³-hybridized carbons (Fsp3) is 0.640. The van der Waals surface area contributed by atoms with E-state index in [1.165, 1.54) is 128 Å². The van der Waals surface area contributed by atoms with Crippen molar-refractivity contribution in [1.29, 1.82) is 0 Å². The van der Waals surface area contributed by atoms with Gasteiger partial charge >= 0.3 is 11.9 Å². The van der Waals surface area contributed by atoms with E-state index in [4.69, 9.17) is 18.9 Å². The van der Waals surface area contributed by atoms with Gasteiger partial charge in [0.15, 0.2) is 12.4 Å². The van der Waals surface area contributed by atoms with Crippen LogP contribution >= 0.6 is 0 Å². The molecule has 0 bridgehead atoms. The zero-order valence-electron chi connectivity index (χ0n) is 61.5. The third-order valence-electron chi connectivity index (χ3n) is 16.0. The lowest BCUT2D eigenvalue weighted by atomic mass is 10.0. The van der Waals surface area contributed by atoms with E-state index in [1.807, 2.05) is 21.1 Å². The Hall–Kier alpha value is -5.35. The molecule has 95 heavy (non-hydrogen) atoms. The largest absolute Gasteiger partial charge is 0.545 e. The van der Waals surface area contributed by atoms with Crippen LogP contribution in [0, 0.1) is 0 Å². The van der Waals surface area contributed by atoms with Crippen LogP contribution in [-0.2, 0) is 33.3 Å². The number of carboxylic acid groups (broad SMARTS) is 1. The maximum absolute atomic E-state index is 13.0. The zero-order chi connectivity index (χ0) is 69.0. The quantitative estimate of drug-likeness (QED) is 0.0195. The molecule has 0 aliphatic heterocycles. The molecule has 0 aromatic heterocycles. The Morgan fingerprint density at radius 2 is 0.568 bits per heavy atom. The second-order valence-electron chi connectivity index (χ2n) is 26.2. The number of esters is 2. The minimum atomic E-state index is -1.63.